The van der Waals surface area contributed by atoms with E-state index in [1.807, 2.05) is 13.8 Å². The second kappa shape index (κ2) is 6.05. The first-order chi connectivity index (χ1) is 9.52. The van der Waals surface area contributed by atoms with Crippen LogP contribution in [0.3, 0.4) is 0 Å². The number of hydrogen-bond acceptors (Lipinski definition) is 3. The largest absolute Gasteiger partial charge is 0.478 e. The molecule has 0 bridgehead atoms. The molecule has 0 fully saturated rings. The molecule has 1 unspecified atom stereocenters. The van der Waals surface area contributed by atoms with E-state index in [-0.39, 0.29) is 17.5 Å². The first-order valence-corrected chi connectivity index (χ1v) is 6.93. The van der Waals surface area contributed by atoms with Gasteiger partial charge in [0.05, 0.1) is 5.56 Å². The summed E-state index contributed by atoms with van der Waals surface area (Å²) in [5.74, 6) is -0.849. The van der Waals surface area contributed by atoms with E-state index in [1.165, 1.54) is 0 Å². The Morgan fingerprint density at radius 1 is 1.45 bits per heavy atom. The summed E-state index contributed by atoms with van der Waals surface area (Å²) in [6, 6.07) is 5.11. The highest BCUT2D eigenvalue weighted by atomic mass is 16.4. The summed E-state index contributed by atoms with van der Waals surface area (Å²) in [7, 11) is 0. The molecule has 0 aromatic heterocycles. The van der Waals surface area contributed by atoms with Gasteiger partial charge in [0.15, 0.2) is 0 Å². The molecular formula is C15H20N2O3. The van der Waals surface area contributed by atoms with Crippen molar-refractivity contribution < 1.29 is 14.7 Å². The van der Waals surface area contributed by atoms with Crippen molar-refractivity contribution in [2.45, 2.75) is 32.7 Å². The van der Waals surface area contributed by atoms with E-state index in [9.17, 15) is 9.59 Å². The maximum absolute atomic E-state index is 12.3. The quantitative estimate of drug-likeness (QED) is 0.858. The number of amides is 1. The summed E-state index contributed by atoms with van der Waals surface area (Å²) in [6.07, 6.45) is 1.17. The average molecular weight is 276 g/mol. The summed E-state index contributed by atoms with van der Waals surface area (Å²) in [4.78, 5) is 25.0. The molecule has 1 amide bonds. The number of fused-ring (bicyclic) bond motifs is 1. The van der Waals surface area contributed by atoms with E-state index >= 15 is 0 Å². The minimum atomic E-state index is -0.932. The van der Waals surface area contributed by atoms with Crippen LogP contribution in [0.4, 0.5) is 5.69 Å². The number of carboxylic acids is 1. The third-order valence-electron chi connectivity index (χ3n) is 3.56. The first kappa shape index (κ1) is 14.5. The van der Waals surface area contributed by atoms with Gasteiger partial charge in [-0.1, -0.05) is 6.92 Å². The van der Waals surface area contributed by atoms with E-state index in [0.29, 0.717) is 13.0 Å². The first-order valence-electron chi connectivity index (χ1n) is 6.93. The summed E-state index contributed by atoms with van der Waals surface area (Å²) in [5, 5.41) is 12.2. The van der Waals surface area contributed by atoms with Crippen molar-refractivity contribution in [3.63, 3.8) is 0 Å². The molecule has 5 heteroatoms. The Kier molecular flexibility index (Phi) is 4.39. The van der Waals surface area contributed by atoms with Crippen molar-refractivity contribution >= 4 is 17.6 Å². The standard InChI is InChI=1S/C15H20N2O3/c1-3-16-10(2)8-14(18)17-7-6-11-9-12(15(19)20)4-5-13(11)17/h4-5,9-10,16H,3,6-8H2,1-2H3,(H,19,20). The van der Waals surface area contributed by atoms with Gasteiger partial charge in [-0.2, -0.15) is 0 Å². The lowest BCUT2D eigenvalue weighted by molar-refractivity contribution is -0.118. The van der Waals surface area contributed by atoms with Crippen LogP contribution in [-0.4, -0.2) is 36.1 Å². The molecule has 0 spiro atoms. The maximum atomic E-state index is 12.3. The van der Waals surface area contributed by atoms with Crippen LogP contribution in [0.1, 0.15) is 36.2 Å². The molecule has 0 saturated carbocycles. The number of anilines is 1. The second-order valence-corrected chi connectivity index (χ2v) is 5.11. The van der Waals surface area contributed by atoms with E-state index < -0.39 is 5.97 Å². The molecule has 2 rings (SSSR count). The van der Waals surface area contributed by atoms with E-state index in [1.54, 1.807) is 23.1 Å². The number of hydrogen-bond donors (Lipinski definition) is 2. The molecule has 0 radical (unpaired) electrons. The summed E-state index contributed by atoms with van der Waals surface area (Å²) >= 11 is 0. The number of carbonyl (C=O) groups excluding carboxylic acids is 1. The summed E-state index contributed by atoms with van der Waals surface area (Å²) in [5.41, 5.74) is 2.07. The van der Waals surface area contributed by atoms with Crippen LogP contribution in [0, 0.1) is 0 Å². The topological polar surface area (TPSA) is 69.6 Å². The van der Waals surface area contributed by atoms with Crippen LogP contribution >= 0.6 is 0 Å². The van der Waals surface area contributed by atoms with Crippen LogP contribution in [0.15, 0.2) is 18.2 Å². The van der Waals surface area contributed by atoms with Gasteiger partial charge in [-0.05, 0) is 43.7 Å². The van der Waals surface area contributed by atoms with Gasteiger partial charge in [-0.15, -0.1) is 0 Å². The zero-order valence-electron chi connectivity index (χ0n) is 11.8. The zero-order chi connectivity index (χ0) is 14.7. The highest BCUT2D eigenvalue weighted by molar-refractivity contribution is 5.97. The lowest BCUT2D eigenvalue weighted by Crippen LogP contribution is -2.36. The fourth-order valence-electron chi connectivity index (χ4n) is 2.59. The molecule has 1 aromatic carbocycles. The molecule has 1 atom stereocenters. The van der Waals surface area contributed by atoms with E-state index in [0.717, 1.165) is 24.2 Å². The van der Waals surface area contributed by atoms with Crippen molar-refractivity contribution in [2.75, 3.05) is 18.0 Å². The number of nitrogens with zero attached hydrogens (tertiary/aromatic N) is 1. The number of benzene rings is 1. The third kappa shape index (κ3) is 2.99. The fraction of sp³-hybridized carbons (Fsp3) is 0.467. The minimum absolute atomic E-state index is 0.0836. The molecule has 1 aromatic rings. The predicted octanol–water partition coefficient (Wildman–Crippen LogP) is 1.66. The molecule has 1 heterocycles. The number of aromatic carboxylic acids is 1. The SMILES string of the molecule is CCNC(C)CC(=O)N1CCc2cc(C(=O)O)ccc21. The van der Waals surface area contributed by atoms with Crippen molar-refractivity contribution in [3.05, 3.63) is 29.3 Å². The Morgan fingerprint density at radius 3 is 2.85 bits per heavy atom. The lowest BCUT2D eigenvalue weighted by atomic mass is 10.1. The van der Waals surface area contributed by atoms with Crippen LogP contribution in [0.2, 0.25) is 0 Å². The van der Waals surface area contributed by atoms with Gasteiger partial charge in [-0.25, -0.2) is 4.79 Å². The average Bonchev–Trinajstić information content (AvgIpc) is 2.81. The molecule has 108 valence electrons. The van der Waals surface area contributed by atoms with Crippen molar-refractivity contribution in [1.29, 1.82) is 0 Å². The molecule has 1 aliphatic heterocycles. The Bertz CT molecular complexity index is 528. The van der Waals surface area contributed by atoms with Gasteiger partial charge in [0.1, 0.15) is 0 Å². The Hall–Kier alpha value is -1.88. The smallest absolute Gasteiger partial charge is 0.335 e. The highest BCUT2D eigenvalue weighted by Gasteiger charge is 2.26. The molecule has 0 aliphatic carbocycles. The monoisotopic (exact) mass is 276 g/mol. The minimum Gasteiger partial charge on any atom is -0.478 e. The molecule has 2 N–H and O–H groups in total. The Balaban J connectivity index is 2.11. The number of nitrogens with one attached hydrogen (secondary N) is 1. The third-order valence-corrected chi connectivity index (χ3v) is 3.56. The summed E-state index contributed by atoms with van der Waals surface area (Å²) < 4.78 is 0. The van der Waals surface area contributed by atoms with Crippen molar-refractivity contribution in [3.8, 4) is 0 Å². The summed E-state index contributed by atoms with van der Waals surface area (Å²) in [6.45, 7) is 5.48. The zero-order valence-corrected chi connectivity index (χ0v) is 11.8. The normalized spacial score (nSPS) is 15.0. The molecule has 20 heavy (non-hydrogen) atoms. The number of carbonyl (C=O) groups is 2. The van der Waals surface area contributed by atoms with Gasteiger partial charge < -0.3 is 15.3 Å². The number of carboxylic acid groups (broad SMARTS) is 1. The highest BCUT2D eigenvalue weighted by Crippen LogP contribution is 2.29. The van der Waals surface area contributed by atoms with Crippen LogP contribution in [0.5, 0.6) is 0 Å². The fourth-order valence-corrected chi connectivity index (χ4v) is 2.59. The molecular weight excluding hydrogens is 256 g/mol. The van der Waals surface area contributed by atoms with Crippen LogP contribution < -0.4 is 10.2 Å². The van der Waals surface area contributed by atoms with Crippen molar-refractivity contribution in [2.24, 2.45) is 0 Å². The second-order valence-electron chi connectivity index (χ2n) is 5.11. The molecule has 5 nitrogen and oxygen atoms in total. The number of rotatable bonds is 5. The lowest BCUT2D eigenvalue weighted by Gasteiger charge is -2.20. The molecule has 0 saturated heterocycles. The van der Waals surface area contributed by atoms with Crippen LogP contribution in [-0.2, 0) is 11.2 Å². The van der Waals surface area contributed by atoms with Gasteiger partial charge >= 0.3 is 5.97 Å². The van der Waals surface area contributed by atoms with Crippen LogP contribution in [0.25, 0.3) is 0 Å². The van der Waals surface area contributed by atoms with Gasteiger partial charge in [0.25, 0.3) is 0 Å². The predicted molar refractivity (Wildman–Crippen MR) is 77.2 cm³/mol. The van der Waals surface area contributed by atoms with E-state index in [2.05, 4.69) is 5.32 Å². The van der Waals surface area contributed by atoms with Crippen molar-refractivity contribution in [1.82, 2.24) is 5.32 Å². The molecule has 1 aliphatic rings. The van der Waals surface area contributed by atoms with Gasteiger partial charge in [-0.3, -0.25) is 4.79 Å². The Labute approximate surface area is 118 Å². The van der Waals surface area contributed by atoms with E-state index in [4.69, 9.17) is 5.11 Å². The van der Waals surface area contributed by atoms with Gasteiger partial charge in [0, 0.05) is 24.7 Å². The Morgan fingerprint density at radius 2 is 2.20 bits per heavy atom. The van der Waals surface area contributed by atoms with Gasteiger partial charge in [0.2, 0.25) is 5.91 Å². The maximum Gasteiger partial charge on any atom is 0.335 e.